The lowest BCUT2D eigenvalue weighted by molar-refractivity contribution is -0.141. The molecule has 0 bridgehead atoms. The van der Waals surface area contributed by atoms with E-state index in [0.717, 1.165) is 17.0 Å². The molecule has 0 unspecified atom stereocenters. The van der Waals surface area contributed by atoms with Gasteiger partial charge in [0.2, 0.25) is 0 Å². The van der Waals surface area contributed by atoms with E-state index in [1.807, 2.05) is 0 Å². The number of rotatable bonds is 2. The van der Waals surface area contributed by atoms with E-state index in [1.54, 1.807) is 6.07 Å². The van der Waals surface area contributed by atoms with E-state index in [9.17, 15) is 17.6 Å². The van der Waals surface area contributed by atoms with Gasteiger partial charge in [-0.05, 0) is 24.3 Å². The van der Waals surface area contributed by atoms with Gasteiger partial charge in [-0.2, -0.15) is 18.4 Å². The third-order valence-corrected chi connectivity index (χ3v) is 2.82. The molecular formula is C14H9F4N3. The molecule has 2 aromatic rings. The normalized spacial score (nSPS) is 11.0. The lowest BCUT2D eigenvalue weighted by atomic mass is 10.2. The van der Waals surface area contributed by atoms with Crippen molar-refractivity contribution < 1.29 is 17.6 Å². The maximum atomic E-state index is 13.7. The summed E-state index contributed by atoms with van der Waals surface area (Å²) in [6.45, 7) is 0. The van der Waals surface area contributed by atoms with Crippen LogP contribution in [0.1, 0.15) is 11.3 Å². The molecule has 3 nitrogen and oxygen atoms in total. The first-order valence-electron chi connectivity index (χ1n) is 5.81. The second-order valence-corrected chi connectivity index (χ2v) is 4.19. The Kier molecular flexibility index (Phi) is 3.80. The van der Waals surface area contributed by atoms with E-state index in [1.165, 1.54) is 31.3 Å². The van der Waals surface area contributed by atoms with E-state index < -0.39 is 17.7 Å². The maximum absolute atomic E-state index is 13.7. The molecule has 1 aromatic carbocycles. The van der Waals surface area contributed by atoms with E-state index in [0.29, 0.717) is 0 Å². The molecule has 0 amide bonds. The second-order valence-electron chi connectivity index (χ2n) is 4.19. The zero-order valence-electron chi connectivity index (χ0n) is 10.8. The monoisotopic (exact) mass is 295 g/mol. The smallest absolute Gasteiger partial charge is 0.326 e. The molecule has 21 heavy (non-hydrogen) atoms. The van der Waals surface area contributed by atoms with Crippen molar-refractivity contribution >= 4 is 11.5 Å². The molecule has 0 saturated heterocycles. The molecule has 0 spiro atoms. The fourth-order valence-electron chi connectivity index (χ4n) is 1.79. The van der Waals surface area contributed by atoms with Crippen molar-refractivity contribution in [3.05, 3.63) is 53.5 Å². The zero-order chi connectivity index (χ0) is 15.6. The summed E-state index contributed by atoms with van der Waals surface area (Å²) in [5, 5.41) is 8.99. The third kappa shape index (κ3) is 2.94. The van der Waals surface area contributed by atoms with Gasteiger partial charge >= 0.3 is 6.18 Å². The lowest BCUT2D eigenvalue weighted by Crippen LogP contribution is -2.17. The number of pyridine rings is 1. The highest BCUT2D eigenvalue weighted by Gasteiger charge is 2.33. The van der Waals surface area contributed by atoms with Crippen LogP contribution in [-0.4, -0.2) is 12.0 Å². The van der Waals surface area contributed by atoms with E-state index in [2.05, 4.69) is 4.98 Å². The molecule has 0 aliphatic carbocycles. The third-order valence-electron chi connectivity index (χ3n) is 2.82. The van der Waals surface area contributed by atoms with Crippen molar-refractivity contribution in [1.82, 2.24) is 4.98 Å². The van der Waals surface area contributed by atoms with Gasteiger partial charge in [0.05, 0.1) is 11.3 Å². The minimum absolute atomic E-state index is 0.0285. The molecule has 0 atom stereocenters. The summed E-state index contributed by atoms with van der Waals surface area (Å²) in [6.07, 6.45) is -4.64. The quantitative estimate of drug-likeness (QED) is 0.789. The summed E-state index contributed by atoms with van der Waals surface area (Å²) in [5.41, 5.74) is -1.19. The van der Waals surface area contributed by atoms with Gasteiger partial charge in [-0.15, -0.1) is 0 Å². The Morgan fingerprint density at radius 1 is 1.14 bits per heavy atom. The van der Waals surface area contributed by atoms with Crippen LogP contribution in [0.25, 0.3) is 0 Å². The molecule has 2 rings (SSSR count). The Balaban J connectivity index is 2.57. The average molecular weight is 295 g/mol. The Morgan fingerprint density at radius 3 is 2.38 bits per heavy atom. The van der Waals surface area contributed by atoms with Gasteiger partial charge in [0, 0.05) is 7.05 Å². The summed E-state index contributed by atoms with van der Waals surface area (Å²) in [4.78, 5) is 4.56. The van der Waals surface area contributed by atoms with Crippen molar-refractivity contribution in [1.29, 1.82) is 5.26 Å². The molecule has 0 fully saturated rings. The minimum atomic E-state index is -4.64. The first kappa shape index (κ1) is 14.8. The number of nitriles is 1. The number of anilines is 2. The summed E-state index contributed by atoms with van der Waals surface area (Å²) in [7, 11) is 1.35. The highest BCUT2D eigenvalue weighted by molar-refractivity contribution is 5.65. The van der Waals surface area contributed by atoms with E-state index >= 15 is 0 Å². The second kappa shape index (κ2) is 5.40. The average Bonchev–Trinajstić information content (AvgIpc) is 2.45. The van der Waals surface area contributed by atoms with Crippen molar-refractivity contribution in [2.24, 2.45) is 0 Å². The van der Waals surface area contributed by atoms with Crippen LogP contribution in [0.4, 0.5) is 29.1 Å². The summed E-state index contributed by atoms with van der Waals surface area (Å²) in [6, 6.07) is 9.04. The van der Waals surface area contributed by atoms with Crippen LogP contribution in [0.3, 0.4) is 0 Å². The van der Waals surface area contributed by atoms with Crippen LogP contribution in [0.2, 0.25) is 0 Å². The molecule has 0 saturated carbocycles. The highest BCUT2D eigenvalue weighted by atomic mass is 19.4. The zero-order valence-corrected chi connectivity index (χ0v) is 10.8. The Morgan fingerprint density at radius 2 is 1.81 bits per heavy atom. The van der Waals surface area contributed by atoms with Gasteiger partial charge < -0.3 is 4.90 Å². The molecular weight excluding hydrogens is 286 g/mol. The molecule has 1 heterocycles. The maximum Gasteiger partial charge on any atom is 0.433 e. The van der Waals surface area contributed by atoms with Gasteiger partial charge in [-0.3, -0.25) is 0 Å². The predicted molar refractivity (Wildman–Crippen MR) is 68.4 cm³/mol. The van der Waals surface area contributed by atoms with Gasteiger partial charge in [-0.25, -0.2) is 9.37 Å². The van der Waals surface area contributed by atoms with Crippen LogP contribution in [0, 0.1) is 17.1 Å². The van der Waals surface area contributed by atoms with Crippen LogP contribution >= 0.6 is 0 Å². The van der Waals surface area contributed by atoms with Crippen molar-refractivity contribution in [3.63, 3.8) is 0 Å². The topological polar surface area (TPSA) is 39.9 Å². The van der Waals surface area contributed by atoms with Crippen molar-refractivity contribution in [2.45, 2.75) is 6.18 Å². The van der Waals surface area contributed by atoms with E-state index in [4.69, 9.17) is 5.26 Å². The van der Waals surface area contributed by atoms with Gasteiger partial charge in [0.25, 0.3) is 0 Å². The van der Waals surface area contributed by atoms with Crippen LogP contribution in [0.15, 0.2) is 36.4 Å². The number of halogens is 4. The molecule has 0 radical (unpaired) electrons. The van der Waals surface area contributed by atoms with Gasteiger partial charge in [0.15, 0.2) is 5.82 Å². The molecule has 1 aromatic heterocycles. The number of alkyl halides is 3. The van der Waals surface area contributed by atoms with Crippen LogP contribution in [-0.2, 0) is 6.18 Å². The number of benzene rings is 1. The van der Waals surface area contributed by atoms with Crippen LogP contribution < -0.4 is 4.90 Å². The lowest BCUT2D eigenvalue weighted by Gasteiger charge is -2.21. The number of hydrogen-bond donors (Lipinski definition) is 0. The van der Waals surface area contributed by atoms with Gasteiger partial charge in [-0.1, -0.05) is 12.1 Å². The highest BCUT2D eigenvalue weighted by Crippen LogP contribution is 2.32. The van der Waals surface area contributed by atoms with Gasteiger partial charge in [0.1, 0.15) is 17.6 Å². The predicted octanol–water partition coefficient (Wildman–Crippen LogP) is 3.88. The van der Waals surface area contributed by atoms with E-state index in [-0.39, 0.29) is 17.1 Å². The number of nitrogens with zero attached hydrogens (tertiary/aromatic N) is 3. The number of hydrogen-bond acceptors (Lipinski definition) is 3. The molecule has 0 aliphatic rings. The standard InChI is InChI=1S/C14H9F4N3/c1-21(11-5-3-2-4-10(11)15)13-9(8-19)6-7-12(20-13)14(16,17)18/h2-7H,1H3. The van der Waals surface area contributed by atoms with Crippen molar-refractivity contribution in [3.8, 4) is 6.07 Å². The largest absolute Gasteiger partial charge is 0.433 e. The fourth-order valence-corrected chi connectivity index (χ4v) is 1.79. The molecule has 0 aliphatic heterocycles. The van der Waals surface area contributed by atoms with Crippen molar-refractivity contribution in [2.75, 3.05) is 11.9 Å². The first-order valence-corrected chi connectivity index (χ1v) is 5.81. The fraction of sp³-hybridized carbons (Fsp3) is 0.143. The molecule has 108 valence electrons. The number of para-hydroxylation sites is 1. The molecule has 0 N–H and O–H groups in total. The number of aromatic nitrogens is 1. The SMILES string of the molecule is CN(c1ccccc1F)c1nc(C(F)(F)F)ccc1C#N. The Hall–Kier alpha value is -2.62. The summed E-state index contributed by atoms with van der Waals surface area (Å²) < 4.78 is 51.9. The minimum Gasteiger partial charge on any atom is -0.326 e. The molecule has 7 heteroatoms. The first-order chi connectivity index (χ1) is 9.84. The summed E-state index contributed by atoms with van der Waals surface area (Å²) >= 11 is 0. The Bertz CT molecular complexity index is 704. The summed E-state index contributed by atoms with van der Waals surface area (Å²) in [5.74, 6) is -0.875. The Labute approximate surface area is 118 Å². The van der Waals surface area contributed by atoms with Crippen LogP contribution in [0.5, 0.6) is 0 Å².